The minimum atomic E-state index is -1.38. The zero-order valence-corrected chi connectivity index (χ0v) is 16.3. The van der Waals surface area contributed by atoms with E-state index in [0.717, 1.165) is 34.6 Å². The highest BCUT2D eigenvalue weighted by Crippen LogP contribution is 2.21. The van der Waals surface area contributed by atoms with E-state index in [9.17, 15) is 24.0 Å². The molecule has 0 saturated carbocycles. The molecule has 0 fully saturated rings. The third kappa shape index (κ3) is 10.2. The summed E-state index contributed by atoms with van der Waals surface area (Å²) in [7, 11) is 0. The number of rotatable bonds is 10. The Morgan fingerprint density at radius 2 is 0.963 bits per heavy atom. The van der Waals surface area contributed by atoms with Crippen LogP contribution in [0, 0.1) is 0 Å². The molecule has 1 unspecified atom stereocenters. The smallest absolute Gasteiger partial charge is 0.303 e. The summed E-state index contributed by atoms with van der Waals surface area (Å²) in [5, 5.41) is 0. The Kier molecular flexibility index (Phi) is 10.7. The average Bonchev–Trinajstić information content (AvgIpc) is 2.51. The van der Waals surface area contributed by atoms with Crippen LogP contribution in [0.2, 0.25) is 0 Å². The van der Waals surface area contributed by atoms with Crippen LogP contribution >= 0.6 is 0 Å². The van der Waals surface area contributed by atoms with Gasteiger partial charge in [-0.1, -0.05) is 6.92 Å². The number of hydrogen-bond donors (Lipinski definition) is 0. The van der Waals surface area contributed by atoms with Gasteiger partial charge < -0.3 is 23.7 Å². The van der Waals surface area contributed by atoms with E-state index in [1.54, 1.807) is 6.92 Å². The fourth-order valence-corrected chi connectivity index (χ4v) is 2.30. The van der Waals surface area contributed by atoms with Crippen LogP contribution in [-0.4, -0.2) is 60.9 Å². The van der Waals surface area contributed by atoms with Gasteiger partial charge in [0.15, 0.2) is 18.3 Å². The van der Waals surface area contributed by atoms with Crippen LogP contribution in [0.25, 0.3) is 0 Å². The number of carbonyl (C=O) groups excluding carboxylic acids is 5. The second kappa shape index (κ2) is 11.9. The van der Waals surface area contributed by atoms with Crippen LogP contribution in [0.1, 0.15) is 48.0 Å². The fourth-order valence-electron chi connectivity index (χ4n) is 2.30. The number of hydrogen-bond acceptors (Lipinski definition) is 10. The second-order valence-corrected chi connectivity index (χ2v) is 5.65. The van der Waals surface area contributed by atoms with E-state index in [4.69, 9.17) is 23.7 Å². The molecule has 0 aromatic carbocycles. The summed E-state index contributed by atoms with van der Waals surface area (Å²) in [6, 6.07) is 0. The molecule has 0 spiro atoms. The van der Waals surface area contributed by atoms with Crippen molar-refractivity contribution in [2.24, 2.45) is 0 Å². The molecule has 154 valence electrons. The zero-order valence-electron chi connectivity index (χ0n) is 16.3. The van der Waals surface area contributed by atoms with Gasteiger partial charge in [-0.25, -0.2) is 0 Å². The summed E-state index contributed by atoms with van der Waals surface area (Å²) >= 11 is 0. The Labute approximate surface area is 157 Å². The topological polar surface area (TPSA) is 132 Å². The minimum Gasteiger partial charge on any atom is -0.462 e. The van der Waals surface area contributed by atoms with Crippen molar-refractivity contribution in [2.75, 3.05) is 6.61 Å². The van der Waals surface area contributed by atoms with Gasteiger partial charge in [0.05, 0.1) is 0 Å². The fraction of sp³-hybridized carbons (Fsp3) is 0.706. The summed E-state index contributed by atoms with van der Waals surface area (Å²) in [6.45, 7) is 6.82. The highest BCUT2D eigenvalue weighted by molar-refractivity contribution is 5.69. The monoisotopic (exact) mass is 390 g/mol. The third-order valence-electron chi connectivity index (χ3n) is 3.15. The van der Waals surface area contributed by atoms with Crippen LogP contribution in [-0.2, 0) is 47.7 Å². The molecular formula is C17H26O10. The molecule has 10 heteroatoms. The van der Waals surface area contributed by atoms with Gasteiger partial charge in [-0.15, -0.1) is 0 Å². The van der Waals surface area contributed by atoms with E-state index in [0.29, 0.717) is 0 Å². The van der Waals surface area contributed by atoms with Gasteiger partial charge in [0.1, 0.15) is 12.7 Å². The third-order valence-corrected chi connectivity index (χ3v) is 3.15. The van der Waals surface area contributed by atoms with Crippen molar-refractivity contribution in [1.82, 2.24) is 0 Å². The van der Waals surface area contributed by atoms with Crippen LogP contribution in [0.5, 0.6) is 0 Å². The summed E-state index contributed by atoms with van der Waals surface area (Å²) in [5.74, 6) is -3.56. The maximum absolute atomic E-state index is 11.6. The number of esters is 5. The van der Waals surface area contributed by atoms with Crippen LogP contribution < -0.4 is 0 Å². The van der Waals surface area contributed by atoms with Gasteiger partial charge in [0.2, 0.25) is 0 Å². The van der Waals surface area contributed by atoms with Crippen molar-refractivity contribution >= 4 is 29.8 Å². The molecule has 0 rings (SSSR count). The largest absolute Gasteiger partial charge is 0.462 e. The highest BCUT2D eigenvalue weighted by atomic mass is 16.6. The van der Waals surface area contributed by atoms with Crippen molar-refractivity contribution in [3.63, 3.8) is 0 Å². The summed E-state index contributed by atoms with van der Waals surface area (Å²) < 4.78 is 25.5. The van der Waals surface area contributed by atoms with Crippen molar-refractivity contribution in [2.45, 2.75) is 72.4 Å². The Morgan fingerprint density at radius 3 is 1.30 bits per heavy atom. The molecular weight excluding hydrogens is 364 g/mol. The van der Waals surface area contributed by atoms with Gasteiger partial charge in [-0.3, -0.25) is 24.0 Å². The predicted octanol–water partition coefficient (Wildman–Crippen LogP) is 0.686. The van der Waals surface area contributed by atoms with Crippen molar-refractivity contribution in [3.05, 3.63) is 0 Å². The Bertz CT molecular complexity index is 556. The van der Waals surface area contributed by atoms with Gasteiger partial charge in [-0.05, 0) is 6.42 Å². The molecule has 0 aliphatic carbocycles. The first kappa shape index (κ1) is 24.4. The van der Waals surface area contributed by atoms with E-state index in [1.807, 2.05) is 0 Å². The standard InChI is InChI=1S/C17H26O10/c1-7-14(24-10(3)19)16(26-12(5)21)17(27-13(6)22)15(25-11(4)20)8-23-9(2)18/h14-17H,7-8H2,1-6H3/t14-,15-,16?,17-/m1/s1. The summed E-state index contributed by atoms with van der Waals surface area (Å²) in [4.78, 5) is 57.1. The van der Waals surface area contributed by atoms with E-state index in [2.05, 4.69) is 0 Å². The second-order valence-electron chi connectivity index (χ2n) is 5.65. The van der Waals surface area contributed by atoms with E-state index in [-0.39, 0.29) is 6.42 Å². The number of ether oxygens (including phenoxy) is 5. The molecule has 0 heterocycles. The molecule has 4 atom stereocenters. The average molecular weight is 390 g/mol. The first-order valence-corrected chi connectivity index (χ1v) is 8.30. The van der Waals surface area contributed by atoms with Gasteiger partial charge in [-0.2, -0.15) is 0 Å². The molecule has 0 amide bonds. The first-order chi connectivity index (χ1) is 12.5. The Morgan fingerprint density at radius 1 is 0.593 bits per heavy atom. The molecule has 0 aliphatic rings. The normalized spacial score (nSPS) is 14.7. The lowest BCUT2D eigenvalue weighted by Crippen LogP contribution is -2.52. The lowest BCUT2D eigenvalue weighted by molar-refractivity contribution is -0.202. The lowest BCUT2D eigenvalue weighted by atomic mass is 10.0. The molecule has 10 nitrogen and oxygen atoms in total. The SMILES string of the molecule is CC[C@@H](OC(C)=O)C(OC(C)=O)[C@H](OC(C)=O)[C@@H](COC(C)=O)OC(C)=O. The molecule has 0 aromatic rings. The maximum Gasteiger partial charge on any atom is 0.303 e. The number of carbonyl (C=O) groups is 5. The molecule has 0 aromatic heterocycles. The predicted molar refractivity (Wildman–Crippen MR) is 89.1 cm³/mol. The van der Waals surface area contributed by atoms with E-state index >= 15 is 0 Å². The van der Waals surface area contributed by atoms with Crippen molar-refractivity contribution < 1.29 is 47.7 Å². The molecule has 0 N–H and O–H groups in total. The van der Waals surface area contributed by atoms with E-state index in [1.165, 1.54) is 0 Å². The molecule has 0 saturated heterocycles. The maximum atomic E-state index is 11.6. The molecule has 0 aliphatic heterocycles. The lowest BCUT2D eigenvalue weighted by Gasteiger charge is -2.35. The molecule has 27 heavy (non-hydrogen) atoms. The summed E-state index contributed by atoms with van der Waals surface area (Å²) in [5.41, 5.74) is 0. The van der Waals surface area contributed by atoms with Crippen molar-refractivity contribution in [1.29, 1.82) is 0 Å². The highest BCUT2D eigenvalue weighted by Gasteiger charge is 2.43. The summed E-state index contributed by atoms with van der Waals surface area (Å²) in [6.07, 6.45) is -4.75. The van der Waals surface area contributed by atoms with Crippen LogP contribution in [0.4, 0.5) is 0 Å². The van der Waals surface area contributed by atoms with Gasteiger partial charge >= 0.3 is 29.8 Å². The molecule has 0 bridgehead atoms. The Hall–Kier alpha value is -2.65. The van der Waals surface area contributed by atoms with Crippen LogP contribution in [0.3, 0.4) is 0 Å². The first-order valence-electron chi connectivity index (χ1n) is 8.30. The minimum absolute atomic E-state index is 0.204. The van der Waals surface area contributed by atoms with Gasteiger partial charge in [0, 0.05) is 34.6 Å². The quantitative estimate of drug-likeness (QED) is 0.387. The van der Waals surface area contributed by atoms with Crippen LogP contribution in [0.15, 0.2) is 0 Å². The van der Waals surface area contributed by atoms with Crippen molar-refractivity contribution in [3.8, 4) is 0 Å². The van der Waals surface area contributed by atoms with Gasteiger partial charge in [0.25, 0.3) is 0 Å². The zero-order chi connectivity index (χ0) is 21.1. The van der Waals surface area contributed by atoms with E-state index < -0.39 is 60.9 Å². The molecule has 0 radical (unpaired) electrons. The Balaban J connectivity index is 5.96.